The zero-order valence-corrected chi connectivity index (χ0v) is 12.3. The van der Waals surface area contributed by atoms with E-state index in [1.54, 1.807) is 0 Å². The molecule has 1 aliphatic rings. The molecule has 1 fully saturated rings. The number of benzene rings is 1. The van der Waals surface area contributed by atoms with Crippen LogP contribution in [0.1, 0.15) is 19.4 Å². The van der Waals surface area contributed by atoms with Gasteiger partial charge < -0.3 is 9.64 Å². The highest BCUT2D eigenvalue weighted by molar-refractivity contribution is 5.84. The maximum Gasteiger partial charge on any atom is 0.241 e. The van der Waals surface area contributed by atoms with E-state index >= 15 is 0 Å². The fraction of sp³-hybridized carbons (Fsp3) is 0.562. The SMILES string of the molecule is CC(C)COCCN1CNC(Cc2ccccc2)C1=O. The first-order valence-electron chi connectivity index (χ1n) is 7.30. The lowest BCUT2D eigenvalue weighted by Gasteiger charge is -2.16. The van der Waals surface area contributed by atoms with Crippen LogP contribution < -0.4 is 5.32 Å². The van der Waals surface area contributed by atoms with Crippen molar-refractivity contribution < 1.29 is 9.53 Å². The molecule has 0 aliphatic carbocycles. The smallest absolute Gasteiger partial charge is 0.241 e. The van der Waals surface area contributed by atoms with E-state index in [4.69, 9.17) is 4.74 Å². The third kappa shape index (κ3) is 4.32. The molecule has 4 nitrogen and oxygen atoms in total. The molecule has 1 aliphatic heterocycles. The third-order valence-corrected chi connectivity index (χ3v) is 3.38. The van der Waals surface area contributed by atoms with Crippen molar-refractivity contribution in [2.45, 2.75) is 26.3 Å². The molecule has 1 N–H and O–H groups in total. The topological polar surface area (TPSA) is 41.6 Å². The molecule has 1 atom stereocenters. The Morgan fingerprint density at radius 1 is 1.35 bits per heavy atom. The van der Waals surface area contributed by atoms with Crippen LogP contribution in [0.2, 0.25) is 0 Å². The molecule has 0 saturated carbocycles. The minimum absolute atomic E-state index is 0.0949. The second-order valence-electron chi connectivity index (χ2n) is 5.67. The molecule has 1 saturated heterocycles. The van der Waals surface area contributed by atoms with Gasteiger partial charge >= 0.3 is 0 Å². The second-order valence-corrected chi connectivity index (χ2v) is 5.67. The van der Waals surface area contributed by atoms with Crippen molar-refractivity contribution in [1.82, 2.24) is 10.2 Å². The number of nitrogens with one attached hydrogen (secondary N) is 1. The summed E-state index contributed by atoms with van der Waals surface area (Å²) in [5.74, 6) is 0.718. The molecular formula is C16H24N2O2. The highest BCUT2D eigenvalue weighted by Crippen LogP contribution is 2.10. The van der Waals surface area contributed by atoms with Gasteiger partial charge in [0.05, 0.1) is 19.3 Å². The molecule has 0 radical (unpaired) electrons. The Hall–Kier alpha value is -1.39. The van der Waals surface area contributed by atoms with Gasteiger partial charge in [-0.2, -0.15) is 0 Å². The fourth-order valence-corrected chi connectivity index (χ4v) is 2.30. The average molecular weight is 276 g/mol. The minimum Gasteiger partial charge on any atom is -0.379 e. The van der Waals surface area contributed by atoms with E-state index in [1.165, 1.54) is 5.56 Å². The first-order valence-corrected chi connectivity index (χ1v) is 7.30. The van der Waals surface area contributed by atoms with Crippen LogP contribution in [0.15, 0.2) is 30.3 Å². The minimum atomic E-state index is -0.0949. The Morgan fingerprint density at radius 2 is 2.10 bits per heavy atom. The molecule has 0 spiro atoms. The fourth-order valence-electron chi connectivity index (χ4n) is 2.30. The molecule has 2 rings (SSSR count). The van der Waals surface area contributed by atoms with Crippen molar-refractivity contribution in [3.63, 3.8) is 0 Å². The van der Waals surface area contributed by atoms with Crippen molar-refractivity contribution >= 4 is 5.91 Å². The van der Waals surface area contributed by atoms with Gasteiger partial charge in [0.1, 0.15) is 0 Å². The van der Waals surface area contributed by atoms with E-state index in [-0.39, 0.29) is 11.9 Å². The quantitative estimate of drug-likeness (QED) is 0.770. The molecule has 0 aromatic heterocycles. The molecule has 1 heterocycles. The number of hydrogen-bond acceptors (Lipinski definition) is 3. The summed E-state index contributed by atoms with van der Waals surface area (Å²) in [7, 11) is 0. The lowest BCUT2D eigenvalue weighted by molar-refractivity contribution is -0.129. The van der Waals surface area contributed by atoms with Crippen LogP contribution >= 0.6 is 0 Å². The predicted molar refractivity (Wildman–Crippen MR) is 79.3 cm³/mol. The van der Waals surface area contributed by atoms with Crippen molar-refractivity contribution in [1.29, 1.82) is 0 Å². The normalized spacial score (nSPS) is 19.1. The average Bonchev–Trinajstić information content (AvgIpc) is 2.77. The van der Waals surface area contributed by atoms with E-state index in [2.05, 4.69) is 31.3 Å². The van der Waals surface area contributed by atoms with Gasteiger partial charge in [-0.3, -0.25) is 10.1 Å². The van der Waals surface area contributed by atoms with Crippen LogP contribution in [-0.4, -0.2) is 43.3 Å². The zero-order valence-electron chi connectivity index (χ0n) is 12.3. The van der Waals surface area contributed by atoms with Gasteiger partial charge in [0, 0.05) is 13.2 Å². The number of carbonyl (C=O) groups excluding carboxylic acids is 1. The van der Waals surface area contributed by atoms with Gasteiger partial charge in [0.25, 0.3) is 0 Å². The first-order chi connectivity index (χ1) is 9.66. The number of rotatable bonds is 7. The largest absolute Gasteiger partial charge is 0.379 e. The molecule has 1 unspecified atom stereocenters. The summed E-state index contributed by atoms with van der Waals surface area (Å²) in [6.45, 7) is 6.91. The Morgan fingerprint density at radius 3 is 2.80 bits per heavy atom. The van der Waals surface area contributed by atoms with Crippen molar-refractivity contribution in [2.24, 2.45) is 5.92 Å². The predicted octanol–water partition coefficient (Wildman–Crippen LogP) is 1.66. The molecule has 1 aromatic rings. The van der Waals surface area contributed by atoms with Crippen molar-refractivity contribution in [3.8, 4) is 0 Å². The molecule has 4 heteroatoms. The lowest BCUT2D eigenvalue weighted by Crippen LogP contribution is -2.34. The van der Waals surface area contributed by atoms with E-state index in [0.29, 0.717) is 25.7 Å². The summed E-state index contributed by atoms with van der Waals surface area (Å²) >= 11 is 0. The summed E-state index contributed by atoms with van der Waals surface area (Å²) in [6.07, 6.45) is 0.753. The van der Waals surface area contributed by atoms with Crippen LogP contribution in [0.5, 0.6) is 0 Å². The second kappa shape index (κ2) is 7.41. The summed E-state index contributed by atoms with van der Waals surface area (Å²) in [4.78, 5) is 14.1. The highest BCUT2D eigenvalue weighted by atomic mass is 16.5. The van der Waals surface area contributed by atoms with E-state index in [0.717, 1.165) is 13.0 Å². The molecule has 110 valence electrons. The Bertz CT molecular complexity index is 420. The van der Waals surface area contributed by atoms with Crippen LogP contribution in [0.3, 0.4) is 0 Å². The molecule has 1 aromatic carbocycles. The van der Waals surface area contributed by atoms with E-state index in [1.807, 2.05) is 23.1 Å². The number of carbonyl (C=O) groups is 1. The third-order valence-electron chi connectivity index (χ3n) is 3.38. The summed E-state index contributed by atoms with van der Waals surface area (Å²) in [6, 6.07) is 10.0. The summed E-state index contributed by atoms with van der Waals surface area (Å²) in [5, 5.41) is 3.28. The monoisotopic (exact) mass is 276 g/mol. The number of nitrogens with zero attached hydrogens (tertiary/aromatic N) is 1. The molecule has 1 amide bonds. The Balaban J connectivity index is 1.75. The highest BCUT2D eigenvalue weighted by Gasteiger charge is 2.30. The maximum absolute atomic E-state index is 12.2. The summed E-state index contributed by atoms with van der Waals surface area (Å²) < 4.78 is 5.54. The van der Waals surface area contributed by atoms with E-state index < -0.39 is 0 Å². The van der Waals surface area contributed by atoms with Crippen LogP contribution in [0.4, 0.5) is 0 Å². The zero-order chi connectivity index (χ0) is 14.4. The maximum atomic E-state index is 12.2. The number of hydrogen-bond donors (Lipinski definition) is 1. The first kappa shape index (κ1) is 15.0. The van der Waals surface area contributed by atoms with Gasteiger partial charge in [-0.15, -0.1) is 0 Å². The van der Waals surface area contributed by atoms with Gasteiger partial charge in [-0.05, 0) is 17.9 Å². The van der Waals surface area contributed by atoms with Crippen LogP contribution in [0.25, 0.3) is 0 Å². The number of ether oxygens (including phenoxy) is 1. The van der Waals surface area contributed by atoms with Gasteiger partial charge in [-0.25, -0.2) is 0 Å². The van der Waals surface area contributed by atoms with Crippen molar-refractivity contribution in [3.05, 3.63) is 35.9 Å². The summed E-state index contributed by atoms with van der Waals surface area (Å²) in [5.41, 5.74) is 1.19. The van der Waals surface area contributed by atoms with Crippen LogP contribution in [0, 0.1) is 5.92 Å². The van der Waals surface area contributed by atoms with Gasteiger partial charge in [0.15, 0.2) is 0 Å². The van der Waals surface area contributed by atoms with Crippen LogP contribution in [-0.2, 0) is 16.0 Å². The number of amides is 1. The Labute approximate surface area is 121 Å². The van der Waals surface area contributed by atoms with Crippen molar-refractivity contribution in [2.75, 3.05) is 26.4 Å². The molecular weight excluding hydrogens is 252 g/mol. The van der Waals surface area contributed by atoms with Gasteiger partial charge in [0.2, 0.25) is 5.91 Å². The molecule has 0 bridgehead atoms. The Kier molecular flexibility index (Phi) is 5.56. The molecule has 20 heavy (non-hydrogen) atoms. The lowest BCUT2D eigenvalue weighted by atomic mass is 10.1. The standard InChI is InChI=1S/C16H24N2O2/c1-13(2)11-20-9-8-18-12-17-15(16(18)19)10-14-6-4-3-5-7-14/h3-7,13,15,17H,8-12H2,1-2H3. The van der Waals surface area contributed by atoms with Gasteiger partial charge in [-0.1, -0.05) is 44.2 Å². The van der Waals surface area contributed by atoms with E-state index in [9.17, 15) is 4.79 Å².